The van der Waals surface area contributed by atoms with E-state index in [1.807, 2.05) is 6.07 Å². The van der Waals surface area contributed by atoms with Gasteiger partial charge in [0.25, 0.3) is 0 Å². The Kier molecular flexibility index (Phi) is 2.91. The van der Waals surface area contributed by atoms with Crippen LogP contribution in [-0.2, 0) is 5.60 Å². The van der Waals surface area contributed by atoms with Gasteiger partial charge in [0.1, 0.15) is 0 Å². The monoisotopic (exact) mass is 268 g/mol. The lowest BCUT2D eigenvalue weighted by atomic mass is 9.83. The fraction of sp³-hybridized carbons (Fsp3) is 0.538. The van der Waals surface area contributed by atoms with Gasteiger partial charge in [-0.05, 0) is 55.4 Å². The van der Waals surface area contributed by atoms with Crippen molar-refractivity contribution in [2.24, 2.45) is 5.92 Å². The summed E-state index contributed by atoms with van der Waals surface area (Å²) in [6, 6.07) is 6.16. The molecule has 0 amide bonds. The molecule has 82 valence electrons. The molecule has 0 spiro atoms. The number of benzene rings is 1. The van der Waals surface area contributed by atoms with Gasteiger partial charge >= 0.3 is 0 Å². The van der Waals surface area contributed by atoms with Crippen LogP contribution in [0.15, 0.2) is 22.7 Å². The fourth-order valence-corrected chi connectivity index (χ4v) is 3.15. The Balaban J connectivity index is 2.44. The van der Waals surface area contributed by atoms with Gasteiger partial charge in [0.15, 0.2) is 0 Å². The van der Waals surface area contributed by atoms with E-state index in [0.717, 1.165) is 29.3 Å². The predicted octanol–water partition coefficient (Wildman–Crippen LogP) is 3.77. The van der Waals surface area contributed by atoms with Gasteiger partial charge in [-0.15, -0.1) is 0 Å². The minimum Gasteiger partial charge on any atom is -0.385 e. The highest BCUT2D eigenvalue weighted by Gasteiger charge is 2.40. The van der Waals surface area contributed by atoms with Crippen molar-refractivity contribution < 1.29 is 5.11 Å². The second-order valence-corrected chi connectivity index (χ2v) is 5.59. The van der Waals surface area contributed by atoms with Crippen molar-refractivity contribution in [1.29, 1.82) is 0 Å². The van der Waals surface area contributed by atoms with E-state index in [1.54, 1.807) is 0 Å². The first-order valence-corrected chi connectivity index (χ1v) is 6.32. The third-order valence-corrected chi connectivity index (χ3v) is 4.16. The third-order valence-electron chi connectivity index (χ3n) is 3.67. The van der Waals surface area contributed by atoms with E-state index in [2.05, 4.69) is 41.9 Å². The van der Waals surface area contributed by atoms with Crippen molar-refractivity contribution in [3.63, 3.8) is 0 Å². The van der Waals surface area contributed by atoms with Crippen molar-refractivity contribution in [3.8, 4) is 0 Å². The molecule has 0 bridgehead atoms. The molecule has 15 heavy (non-hydrogen) atoms. The summed E-state index contributed by atoms with van der Waals surface area (Å²) in [7, 11) is 0. The van der Waals surface area contributed by atoms with Crippen LogP contribution in [0.3, 0.4) is 0 Å². The molecule has 0 aliphatic heterocycles. The van der Waals surface area contributed by atoms with Crippen LogP contribution in [0.5, 0.6) is 0 Å². The molecule has 1 N–H and O–H groups in total. The van der Waals surface area contributed by atoms with Gasteiger partial charge in [0.2, 0.25) is 0 Å². The number of hydrogen-bond donors (Lipinski definition) is 1. The Morgan fingerprint density at radius 3 is 2.73 bits per heavy atom. The Hall–Kier alpha value is -0.340. The van der Waals surface area contributed by atoms with Crippen LogP contribution in [0.1, 0.15) is 37.3 Å². The summed E-state index contributed by atoms with van der Waals surface area (Å²) in [5, 5.41) is 10.7. The highest BCUT2D eigenvalue weighted by atomic mass is 79.9. The van der Waals surface area contributed by atoms with Crippen molar-refractivity contribution in [3.05, 3.63) is 33.8 Å². The average Bonchev–Trinajstić information content (AvgIpc) is 2.47. The average molecular weight is 269 g/mol. The smallest absolute Gasteiger partial charge is 0.0924 e. The highest BCUT2D eigenvalue weighted by molar-refractivity contribution is 9.10. The first kappa shape index (κ1) is 11.2. The molecule has 1 aromatic rings. The summed E-state index contributed by atoms with van der Waals surface area (Å²) >= 11 is 3.46. The number of hydrogen-bond acceptors (Lipinski definition) is 1. The topological polar surface area (TPSA) is 20.2 Å². The molecular weight excluding hydrogens is 252 g/mol. The van der Waals surface area contributed by atoms with Gasteiger partial charge < -0.3 is 5.11 Å². The zero-order valence-electron chi connectivity index (χ0n) is 9.26. The quantitative estimate of drug-likeness (QED) is 0.822. The molecular formula is C13H17BrO. The molecule has 0 heterocycles. The molecule has 1 aliphatic carbocycles. The van der Waals surface area contributed by atoms with Crippen molar-refractivity contribution in [2.75, 3.05) is 0 Å². The van der Waals surface area contributed by atoms with E-state index in [-0.39, 0.29) is 0 Å². The number of rotatable bonds is 1. The van der Waals surface area contributed by atoms with Gasteiger partial charge in [-0.25, -0.2) is 0 Å². The molecule has 2 heteroatoms. The molecule has 0 radical (unpaired) electrons. The first-order chi connectivity index (χ1) is 7.04. The normalized spacial score (nSPS) is 30.8. The fourth-order valence-electron chi connectivity index (χ4n) is 2.68. The second kappa shape index (κ2) is 3.91. The molecule has 1 aromatic carbocycles. The lowest BCUT2D eigenvalue weighted by molar-refractivity contribution is 0.00390. The molecule has 0 aromatic heterocycles. The predicted molar refractivity (Wildman–Crippen MR) is 65.8 cm³/mol. The van der Waals surface area contributed by atoms with Crippen LogP contribution in [0.2, 0.25) is 0 Å². The third kappa shape index (κ3) is 1.85. The van der Waals surface area contributed by atoms with E-state index >= 15 is 0 Å². The van der Waals surface area contributed by atoms with E-state index in [9.17, 15) is 5.11 Å². The van der Waals surface area contributed by atoms with Gasteiger partial charge in [0, 0.05) is 4.47 Å². The Labute approximate surface area is 99.6 Å². The Morgan fingerprint density at radius 1 is 1.47 bits per heavy atom. The minimum atomic E-state index is -0.592. The van der Waals surface area contributed by atoms with Crippen LogP contribution in [0, 0.1) is 12.8 Å². The SMILES string of the molecule is Cc1cc(Br)ccc1[C@]1(O)CCC[C@@H]1C. The van der Waals surface area contributed by atoms with Crippen LogP contribution in [-0.4, -0.2) is 5.11 Å². The molecule has 1 aliphatic rings. The summed E-state index contributed by atoms with van der Waals surface area (Å²) in [5.74, 6) is 0.373. The lowest BCUT2D eigenvalue weighted by Crippen LogP contribution is -2.29. The van der Waals surface area contributed by atoms with Crippen LogP contribution < -0.4 is 0 Å². The molecule has 2 atom stereocenters. The maximum absolute atomic E-state index is 10.7. The molecule has 0 saturated heterocycles. The van der Waals surface area contributed by atoms with Gasteiger partial charge in [-0.1, -0.05) is 28.9 Å². The van der Waals surface area contributed by atoms with Crippen molar-refractivity contribution in [1.82, 2.24) is 0 Å². The highest BCUT2D eigenvalue weighted by Crippen LogP contribution is 2.44. The van der Waals surface area contributed by atoms with E-state index < -0.39 is 5.60 Å². The Morgan fingerprint density at radius 2 is 2.20 bits per heavy atom. The summed E-state index contributed by atoms with van der Waals surface area (Å²) in [5.41, 5.74) is 1.70. The number of halogens is 1. The number of aryl methyl sites for hydroxylation is 1. The van der Waals surface area contributed by atoms with Crippen LogP contribution >= 0.6 is 15.9 Å². The zero-order chi connectivity index (χ0) is 11.1. The van der Waals surface area contributed by atoms with Crippen molar-refractivity contribution in [2.45, 2.75) is 38.7 Å². The number of aliphatic hydroxyl groups is 1. The molecule has 0 unspecified atom stereocenters. The molecule has 1 fully saturated rings. The minimum absolute atomic E-state index is 0.373. The summed E-state index contributed by atoms with van der Waals surface area (Å²) in [4.78, 5) is 0. The van der Waals surface area contributed by atoms with E-state index in [1.165, 1.54) is 5.56 Å². The van der Waals surface area contributed by atoms with Crippen LogP contribution in [0.25, 0.3) is 0 Å². The summed E-state index contributed by atoms with van der Waals surface area (Å²) in [6.45, 7) is 4.22. The maximum Gasteiger partial charge on any atom is 0.0924 e. The standard InChI is InChI=1S/C13H17BrO/c1-9-8-11(14)5-6-12(9)13(15)7-3-4-10(13)2/h5-6,8,10,15H,3-4,7H2,1-2H3/t10-,13-/m0/s1. The van der Waals surface area contributed by atoms with E-state index in [4.69, 9.17) is 0 Å². The largest absolute Gasteiger partial charge is 0.385 e. The first-order valence-electron chi connectivity index (χ1n) is 5.53. The van der Waals surface area contributed by atoms with Crippen molar-refractivity contribution >= 4 is 15.9 Å². The summed E-state index contributed by atoms with van der Waals surface area (Å²) < 4.78 is 1.08. The van der Waals surface area contributed by atoms with Gasteiger partial charge in [-0.2, -0.15) is 0 Å². The van der Waals surface area contributed by atoms with Gasteiger partial charge in [-0.3, -0.25) is 0 Å². The van der Waals surface area contributed by atoms with Crippen LogP contribution in [0.4, 0.5) is 0 Å². The summed E-state index contributed by atoms with van der Waals surface area (Å²) in [6.07, 6.45) is 3.16. The lowest BCUT2D eigenvalue weighted by Gasteiger charge is -2.30. The zero-order valence-corrected chi connectivity index (χ0v) is 10.8. The molecule has 2 rings (SSSR count). The maximum atomic E-state index is 10.7. The van der Waals surface area contributed by atoms with Gasteiger partial charge in [0.05, 0.1) is 5.60 Å². The molecule has 1 saturated carbocycles. The molecule has 1 nitrogen and oxygen atoms in total. The second-order valence-electron chi connectivity index (χ2n) is 4.68. The Bertz CT molecular complexity index is 375. The van der Waals surface area contributed by atoms with E-state index in [0.29, 0.717) is 5.92 Å².